The van der Waals surface area contributed by atoms with E-state index in [4.69, 9.17) is 18.9 Å². The predicted octanol–water partition coefficient (Wildman–Crippen LogP) is 12.2. The zero-order valence-electron chi connectivity index (χ0n) is 33.4. The van der Waals surface area contributed by atoms with E-state index in [0.717, 1.165) is 38.5 Å². The van der Waals surface area contributed by atoms with Crippen molar-refractivity contribution < 1.29 is 38.1 Å². The number of rotatable bonds is 35. The summed E-state index contributed by atoms with van der Waals surface area (Å²) in [5.74, 6) is -1.97. The maximum absolute atomic E-state index is 12.9. The van der Waals surface area contributed by atoms with Gasteiger partial charge in [-0.1, -0.05) is 180 Å². The number of benzene rings is 1. The summed E-state index contributed by atoms with van der Waals surface area (Å²) >= 11 is 0. The molecule has 0 saturated heterocycles. The molecule has 0 aliphatic rings. The third-order valence-corrected chi connectivity index (χ3v) is 9.46. The molecule has 52 heavy (non-hydrogen) atoms. The number of unbranched alkanes of at least 4 members (excludes halogenated alkanes) is 24. The summed E-state index contributed by atoms with van der Waals surface area (Å²) in [6.45, 7) is 5.27. The monoisotopic (exact) mass is 731 g/mol. The normalized spacial score (nSPS) is 11.6. The van der Waals surface area contributed by atoms with Gasteiger partial charge in [0, 0.05) is 19.8 Å². The Morgan fingerprint density at radius 1 is 0.500 bits per heavy atom. The van der Waals surface area contributed by atoms with E-state index in [0.29, 0.717) is 6.42 Å². The minimum absolute atomic E-state index is 0.0779. The number of hydrogen-bond acceptors (Lipinski definition) is 8. The van der Waals surface area contributed by atoms with E-state index in [-0.39, 0.29) is 36.9 Å². The Hall–Kier alpha value is -2.90. The van der Waals surface area contributed by atoms with Crippen LogP contribution in [0.25, 0.3) is 0 Å². The van der Waals surface area contributed by atoms with Gasteiger partial charge >= 0.3 is 23.9 Å². The van der Waals surface area contributed by atoms with Crippen LogP contribution in [0.15, 0.2) is 24.3 Å². The summed E-state index contributed by atoms with van der Waals surface area (Å²) in [6, 6.07) is 6.27. The lowest BCUT2D eigenvalue weighted by Crippen LogP contribution is -2.31. The van der Waals surface area contributed by atoms with Crippen LogP contribution < -0.4 is 4.74 Å². The number of carbonyl (C=O) groups excluding carboxylic acids is 4. The Morgan fingerprint density at radius 2 is 0.885 bits per heavy atom. The van der Waals surface area contributed by atoms with Crippen LogP contribution in [-0.2, 0) is 28.6 Å². The first kappa shape index (κ1) is 47.1. The maximum atomic E-state index is 12.9. The van der Waals surface area contributed by atoms with Crippen molar-refractivity contribution in [3.63, 3.8) is 0 Å². The highest BCUT2D eigenvalue weighted by molar-refractivity contribution is 5.93. The Morgan fingerprint density at radius 3 is 1.33 bits per heavy atom. The molecule has 0 aliphatic heterocycles. The minimum atomic E-state index is -0.935. The molecule has 0 fully saturated rings. The number of hydrogen-bond donors (Lipinski definition) is 0. The van der Waals surface area contributed by atoms with Gasteiger partial charge in [-0.05, 0) is 25.0 Å². The topological polar surface area (TPSA) is 105 Å². The van der Waals surface area contributed by atoms with Crippen LogP contribution in [0.1, 0.15) is 211 Å². The fraction of sp³-hybridized carbons (Fsp3) is 0.773. The van der Waals surface area contributed by atoms with Crippen LogP contribution in [0.3, 0.4) is 0 Å². The van der Waals surface area contributed by atoms with E-state index in [1.54, 1.807) is 12.1 Å². The van der Waals surface area contributed by atoms with Crippen molar-refractivity contribution >= 4 is 23.9 Å². The highest BCUT2D eigenvalue weighted by Gasteiger charge is 2.22. The van der Waals surface area contributed by atoms with E-state index in [1.807, 2.05) is 0 Å². The molecule has 1 atom stereocenters. The van der Waals surface area contributed by atoms with E-state index >= 15 is 0 Å². The first-order valence-electron chi connectivity index (χ1n) is 21.2. The summed E-state index contributed by atoms with van der Waals surface area (Å²) in [4.78, 5) is 49.6. The maximum Gasteiger partial charge on any atom is 0.342 e. The number of carbonyl (C=O) groups is 4. The number of ether oxygens (including phenoxy) is 4. The average molecular weight is 731 g/mol. The highest BCUT2D eigenvalue weighted by Crippen LogP contribution is 2.20. The second kappa shape index (κ2) is 33.9. The van der Waals surface area contributed by atoms with Crippen molar-refractivity contribution in [3.05, 3.63) is 29.8 Å². The molecule has 0 heterocycles. The molecular formula is C44H74O8. The van der Waals surface area contributed by atoms with Gasteiger partial charge in [-0.2, -0.15) is 0 Å². The molecule has 8 heteroatoms. The van der Waals surface area contributed by atoms with E-state index in [2.05, 4.69) is 13.8 Å². The highest BCUT2D eigenvalue weighted by atomic mass is 16.6. The van der Waals surface area contributed by atoms with Gasteiger partial charge in [-0.25, -0.2) is 4.79 Å². The quantitative estimate of drug-likeness (QED) is 0.0294. The molecule has 1 aromatic rings. The second-order valence-electron chi connectivity index (χ2n) is 14.5. The Balaban J connectivity index is 2.40. The SMILES string of the molecule is CCCCCCCCCCCCCCCC(=O)OCC(COC(=O)c1ccccc1OC(C)=O)OC(=O)CCCCCCCCCCCCCCC. The third-order valence-electron chi connectivity index (χ3n) is 9.46. The molecular weight excluding hydrogens is 656 g/mol. The summed E-state index contributed by atoms with van der Waals surface area (Å²) in [5, 5.41) is 0. The van der Waals surface area contributed by atoms with Gasteiger partial charge < -0.3 is 18.9 Å². The molecule has 1 aromatic carbocycles. The largest absolute Gasteiger partial charge is 0.462 e. The van der Waals surface area contributed by atoms with Crippen LogP contribution in [-0.4, -0.2) is 43.2 Å². The number of esters is 4. The molecule has 0 aromatic heterocycles. The smallest absolute Gasteiger partial charge is 0.342 e. The van der Waals surface area contributed by atoms with Crippen LogP contribution in [0.2, 0.25) is 0 Å². The summed E-state index contributed by atoms with van der Waals surface area (Å²) in [7, 11) is 0. The molecule has 298 valence electrons. The Kier molecular flexibility index (Phi) is 30.7. The van der Waals surface area contributed by atoms with Gasteiger partial charge in [0.2, 0.25) is 0 Å². The average Bonchev–Trinajstić information content (AvgIpc) is 3.13. The molecule has 0 bridgehead atoms. The minimum Gasteiger partial charge on any atom is -0.462 e. The van der Waals surface area contributed by atoms with Crippen LogP contribution >= 0.6 is 0 Å². The molecule has 0 spiro atoms. The lowest BCUT2D eigenvalue weighted by molar-refractivity contribution is -0.161. The summed E-state index contributed by atoms with van der Waals surface area (Å²) < 4.78 is 21.7. The van der Waals surface area contributed by atoms with Gasteiger partial charge in [0.25, 0.3) is 0 Å². The fourth-order valence-electron chi connectivity index (χ4n) is 6.32. The van der Waals surface area contributed by atoms with E-state index < -0.39 is 24.0 Å². The Bertz CT molecular complexity index is 1050. The zero-order chi connectivity index (χ0) is 37.9. The van der Waals surface area contributed by atoms with Crippen molar-refractivity contribution in [3.8, 4) is 5.75 Å². The second-order valence-corrected chi connectivity index (χ2v) is 14.5. The van der Waals surface area contributed by atoms with Crippen LogP contribution in [0.5, 0.6) is 5.75 Å². The standard InChI is InChI=1S/C44H74O8/c1-4-6-8-10-12-14-16-18-20-22-24-26-28-34-42(46)49-36-39(37-50-44(48)40-32-30-31-33-41(40)51-38(3)45)52-43(47)35-29-27-25-23-21-19-17-15-13-11-9-7-5-2/h30-33,39H,4-29,34-37H2,1-3H3. The van der Waals surface area contributed by atoms with Gasteiger partial charge in [-0.15, -0.1) is 0 Å². The molecule has 1 unspecified atom stereocenters. The summed E-state index contributed by atoms with van der Waals surface area (Å²) in [6.07, 6.45) is 31.4. The van der Waals surface area contributed by atoms with Gasteiger partial charge in [0.1, 0.15) is 24.5 Å². The molecule has 0 amide bonds. The van der Waals surface area contributed by atoms with Crippen molar-refractivity contribution in [2.75, 3.05) is 13.2 Å². The van der Waals surface area contributed by atoms with Crippen molar-refractivity contribution in [1.29, 1.82) is 0 Å². The lowest BCUT2D eigenvalue weighted by Gasteiger charge is -2.18. The van der Waals surface area contributed by atoms with E-state index in [1.165, 1.54) is 147 Å². The van der Waals surface area contributed by atoms with Crippen LogP contribution in [0, 0.1) is 0 Å². The molecule has 1 rings (SSSR count). The molecule has 0 N–H and O–H groups in total. The molecule has 0 saturated carbocycles. The van der Waals surface area contributed by atoms with Crippen molar-refractivity contribution in [1.82, 2.24) is 0 Å². The number of para-hydroxylation sites is 1. The van der Waals surface area contributed by atoms with Crippen molar-refractivity contribution in [2.24, 2.45) is 0 Å². The van der Waals surface area contributed by atoms with E-state index in [9.17, 15) is 19.2 Å². The zero-order valence-corrected chi connectivity index (χ0v) is 33.4. The Labute approximate surface area is 316 Å². The van der Waals surface area contributed by atoms with Crippen molar-refractivity contribution in [2.45, 2.75) is 207 Å². The first-order valence-corrected chi connectivity index (χ1v) is 21.2. The molecule has 0 radical (unpaired) electrons. The summed E-state index contributed by atoms with van der Waals surface area (Å²) in [5.41, 5.74) is 0.0779. The van der Waals surface area contributed by atoms with Gasteiger partial charge in [-0.3, -0.25) is 14.4 Å². The lowest BCUT2D eigenvalue weighted by atomic mass is 10.0. The fourth-order valence-corrected chi connectivity index (χ4v) is 6.32. The van der Waals surface area contributed by atoms with Gasteiger partial charge in [0.15, 0.2) is 6.10 Å². The van der Waals surface area contributed by atoms with Crippen LogP contribution in [0.4, 0.5) is 0 Å². The molecule has 0 aliphatic carbocycles. The third kappa shape index (κ3) is 27.7. The molecule has 8 nitrogen and oxygen atoms in total. The van der Waals surface area contributed by atoms with Gasteiger partial charge in [0.05, 0.1) is 0 Å². The predicted molar refractivity (Wildman–Crippen MR) is 209 cm³/mol. The first-order chi connectivity index (χ1) is 25.4.